The van der Waals surface area contributed by atoms with Gasteiger partial charge in [-0.25, -0.2) is 0 Å². The fourth-order valence-corrected chi connectivity index (χ4v) is 5.42. The quantitative estimate of drug-likeness (QED) is 0.128. The van der Waals surface area contributed by atoms with Crippen molar-refractivity contribution in [3.63, 3.8) is 0 Å². The van der Waals surface area contributed by atoms with Crippen LogP contribution in [0.15, 0.2) is 94.0 Å². The van der Waals surface area contributed by atoms with Gasteiger partial charge < -0.3 is 29.9 Å². The van der Waals surface area contributed by atoms with Gasteiger partial charge in [-0.15, -0.1) is 0 Å². The number of halogens is 2. The number of benzene rings is 4. The number of nitrogens with one attached hydrogen (secondary N) is 2. The molecule has 4 aromatic carbocycles. The van der Waals surface area contributed by atoms with Crippen LogP contribution in [-0.2, 0) is 0 Å². The highest BCUT2D eigenvalue weighted by molar-refractivity contribution is 6.30. The van der Waals surface area contributed by atoms with Gasteiger partial charge in [0, 0.05) is 33.3 Å². The number of phenols is 2. The summed E-state index contributed by atoms with van der Waals surface area (Å²) in [6, 6.07) is 24.4. The summed E-state index contributed by atoms with van der Waals surface area (Å²) in [6.45, 7) is 3.59. The molecule has 4 N–H and O–H groups in total. The number of rotatable bonds is 8. The average molecular weight is 601 g/mol. The second kappa shape index (κ2) is 11.3. The molecule has 0 fully saturated rings. The van der Waals surface area contributed by atoms with Crippen LogP contribution in [0.4, 0.5) is 11.6 Å². The second-order valence-electron chi connectivity index (χ2n) is 9.97. The molecule has 6 rings (SSSR count). The van der Waals surface area contributed by atoms with Gasteiger partial charge in [0.05, 0.1) is 12.1 Å². The third-order valence-corrected chi connectivity index (χ3v) is 7.57. The van der Waals surface area contributed by atoms with Crippen LogP contribution in [0.5, 0.6) is 11.5 Å². The molecule has 42 heavy (non-hydrogen) atoms. The van der Waals surface area contributed by atoms with Gasteiger partial charge in [-0.3, -0.25) is 0 Å². The van der Waals surface area contributed by atoms with Crippen molar-refractivity contribution >= 4 is 45.6 Å². The molecular weight excluding hydrogens is 575 g/mol. The smallest absolute Gasteiger partial charge is 0.170 e. The molecule has 0 radical (unpaired) electrons. The number of phenolic OH excluding ortho intramolecular Hbond substituents is 2. The van der Waals surface area contributed by atoms with Crippen LogP contribution in [0.25, 0.3) is 10.8 Å². The van der Waals surface area contributed by atoms with Crippen LogP contribution in [0.1, 0.15) is 45.9 Å². The van der Waals surface area contributed by atoms with Crippen LogP contribution < -0.4 is 10.6 Å². The molecule has 0 aliphatic rings. The SMILES string of the molecule is Cc1cc(N[C@H](c2ccc(Cl)cc2)c2c(O)c(O)c([C@H](Nc3cc(C)on3)c3ccc(Cl)cc3)c3ccccc23)no1. The summed E-state index contributed by atoms with van der Waals surface area (Å²) in [7, 11) is 0. The van der Waals surface area contributed by atoms with Gasteiger partial charge in [-0.2, -0.15) is 0 Å². The lowest BCUT2D eigenvalue weighted by Crippen LogP contribution is -2.16. The van der Waals surface area contributed by atoms with Crippen molar-refractivity contribution in [2.24, 2.45) is 0 Å². The van der Waals surface area contributed by atoms with E-state index in [1.54, 1.807) is 50.2 Å². The summed E-state index contributed by atoms with van der Waals surface area (Å²) < 4.78 is 10.6. The number of nitrogens with zero attached hydrogens (tertiary/aromatic N) is 2. The summed E-state index contributed by atoms with van der Waals surface area (Å²) in [6.07, 6.45) is 0. The van der Waals surface area contributed by atoms with Crippen molar-refractivity contribution in [2.75, 3.05) is 10.6 Å². The third kappa shape index (κ3) is 5.34. The van der Waals surface area contributed by atoms with E-state index in [9.17, 15) is 10.2 Å². The van der Waals surface area contributed by atoms with Crippen LogP contribution in [0.2, 0.25) is 10.0 Å². The number of hydrogen-bond donors (Lipinski definition) is 4. The molecule has 0 saturated heterocycles. The maximum Gasteiger partial charge on any atom is 0.170 e. The van der Waals surface area contributed by atoms with E-state index < -0.39 is 12.1 Å². The normalized spacial score (nSPS) is 12.8. The molecule has 0 unspecified atom stereocenters. The van der Waals surface area contributed by atoms with E-state index in [0.29, 0.717) is 55.1 Å². The van der Waals surface area contributed by atoms with Gasteiger partial charge in [0.1, 0.15) is 11.5 Å². The topological polar surface area (TPSA) is 117 Å². The van der Waals surface area contributed by atoms with Gasteiger partial charge in [-0.1, -0.05) is 82.0 Å². The molecule has 6 aromatic rings. The fourth-order valence-electron chi connectivity index (χ4n) is 5.17. The molecule has 212 valence electrons. The van der Waals surface area contributed by atoms with Gasteiger partial charge in [-0.05, 0) is 60.0 Å². The largest absolute Gasteiger partial charge is 0.504 e. The number of aromatic hydroxyl groups is 2. The van der Waals surface area contributed by atoms with Crippen molar-refractivity contribution in [3.05, 3.63) is 129 Å². The zero-order valence-corrected chi connectivity index (χ0v) is 24.1. The minimum atomic E-state index is -0.628. The molecule has 2 atom stereocenters. The molecule has 0 spiro atoms. The first-order chi connectivity index (χ1) is 20.3. The minimum Gasteiger partial charge on any atom is -0.504 e. The molecule has 10 heteroatoms. The number of hydrogen-bond acceptors (Lipinski definition) is 8. The maximum atomic E-state index is 11.8. The number of anilines is 2. The molecular formula is C32H26Cl2N4O4. The second-order valence-corrected chi connectivity index (χ2v) is 10.8. The Morgan fingerprint density at radius 3 is 1.33 bits per heavy atom. The molecule has 0 bridgehead atoms. The Bertz CT molecular complexity index is 1730. The van der Waals surface area contributed by atoms with Crippen LogP contribution in [0, 0.1) is 13.8 Å². The van der Waals surface area contributed by atoms with Gasteiger partial charge in [0.15, 0.2) is 23.1 Å². The summed E-state index contributed by atoms with van der Waals surface area (Å²) in [5.74, 6) is 1.63. The minimum absolute atomic E-state index is 0.284. The van der Waals surface area contributed by atoms with Crippen LogP contribution >= 0.6 is 23.2 Å². The molecule has 8 nitrogen and oxygen atoms in total. The molecule has 0 aliphatic heterocycles. The van der Waals surface area contributed by atoms with Gasteiger partial charge >= 0.3 is 0 Å². The number of fused-ring (bicyclic) bond motifs is 1. The maximum absolute atomic E-state index is 11.8. The summed E-state index contributed by atoms with van der Waals surface area (Å²) in [5, 5.41) is 41.1. The lowest BCUT2D eigenvalue weighted by molar-refractivity contribution is 0.393. The third-order valence-electron chi connectivity index (χ3n) is 7.07. The first-order valence-electron chi connectivity index (χ1n) is 13.2. The Kier molecular flexibility index (Phi) is 7.41. The molecule has 2 heterocycles. The lowest BCUT2D eigenvalue weighted by atomic mass is 9.86. The predicted molar refractivity (Wildman–Crippen MR) is 164 cm³/mol. The van der Waals surface area contributed by atoms with Gasteiger partial charge in [0.25, 0.3) is 0 Å². The van der Waals surface area contributed by atoms with Crippen molar-refractivity contribution < 1.29 is 19.3 Å². The fraction of sp³-hybridized carbons (Fsp3) is 0.125. The lowest BCUT2D eigenvalue weighted by Gasteiger charge is -2.27. The monoisotopic (exact) mass is 600 g/mol. The Hall–Kier alpha value is -4.66. The Balaban J connectivity index is 1.58. The van der Waals surface area contributed by atoms with E-state index in [0.717, 1.165) is 11.1 Å². The number of aromatic nitrogens is 2. The zero-order chi connectivity index (χ0) is 29.4. The zero-order valence-electron chi connectivity index (χ0n) is 22.6. The van der Waals surface area contributed by atoms with Crippen molar-refractivity contribution in [2.45, 2.75) is 25.9 Å². The van der Waals surface area contributed by atoms with E-state index in [-0.39, 0.29) is 11.5 Å². The molecule has 0 aliphatic carbocycles. The van der Waals surface area contributed by atoms with Crippen LogP contribution in [0.3, 0.4) is 0 Å². The van der Waals surface area contributed by atoms with Crippen molar-refractivity contribution in [3.8, 4) is 11.5 Å². The number of aryl methyl sites for hydroxylation is 2. The van der Waals surface area contributed by atoms with Crippen LogP contribution in [-0.4, -0.2) is 20.5 Å². The molecule has 0 saturated carbocycles. The molecule has 0 amide bonds. The highest BCUT2D eigenvalue weighted by atomic mass is 35.5. The Morgan fingerprint density at radius 1 is 0.619 bits per heavy atom. The summed E-state index contributed by atoms with van der Waals surface area (Å²) in [4.78, 5) is 0. The van der Waals surface area contributed by atoms with E-state index in [1.165, 1.54) is 0 Å². The average Bonchev–Trinajstić information content (AvgIpc) is 3.60. The Labute approximate surface area is 251 Å². The van der Waals surface area contributed by atoms with Gasteiger partial charge in [0.2, 0.25) is 0 Å². The first kappa shape index (κ1) is 27.5. The first-order valence-corrected chi connectivity index (χ1v) is 13.9. The van der Waals surface area contributed by atoms with Crippen molar-refractivity contribution in [1.82, 2.24) is 10.3 Å². The summed E-state index contributed by atoms with van der Waals surface area (Å²) in [5.41, 5.74) is 2.50. The van der Waals surface area contributed by atoms with E-state index in [2.05, 4.69) is 20.9 Å². The van der Waals surface area contributed by atoms with E-state index >= 15 is 0 Å². The Morgan fingerprint density at radius 2 is 1.00 bits per heavy atom. The van der Waals surface area contributed by atoms with E-state index in [1.807, 2.05) is 48.5 Å². The van der Waals surface area contributed by atoms with E-state index in [4.69, 9.17) is 32.2 Å². The standard InChI is InChI=1S/C32H26Cl2N4O4/c1-17-15-25(37-41-17)35-29(19-7-11-21(33)12-8-19)27-23-5-3-4-6-24(23)28(32(40)31(27)39)30(20-9-13-22(34)14-10-20)36-26-16-18(2)42-38-26/h3-16,29-30,39-40H,1-2H3,(H,35,37)(H,36,38)/t29-,30-/m1/s1. The predicted octanol–water partition coefficient (Wildman–Crippen LogP) is 8.55. The van der Waals surface area contributed by atoms with Crippen molar-refractivity contribution in [1.29, 1.82) is 0 Å². The highest BCUT2D eigenvalue weighted by Crippen LogP contribution is 2.49. The molecule has 2 aromatic heterocycles. The summed E-state index contributed by atoms with van der Waals surface area (Å²) >= 11 is 12.4. The highest BCUT2D eigenvalue weighted by Gasteiger charge is 2.30.